The molecule has 0 bridgehead atoms. The van der Waals surface area contributed by atoms with E-state index in [1.54, 1.807) is 42.7 Å². The van der Waals surface area contributed by atoms with E-state index < -0.39 is 11.7 Å². The van der Waals surface area contributed by atoms with E-state index in [1.165, 1.54) is 0 Å². The minimum atomic E-state index is -4.46. The molecule has 0 spiro atoms. The Bertz CT molecular complexity index is 1260. The molecule has 5 nitrogen and oxygen atoms in total. The first-order valence-electron chi connectivity index (χ1n) is 10.8. The van der Waals surface area contributed by atoms with E-state index in [1.807, 2.05) is 0 Å². The van der Waals surface area contributed by atoms with Crippen LogP contribution in [0.2, 0.25) is 10.0 Å². The van der Waals surface area contributed by atoms with Crippen LogP contribution < -0.4 is 0 Å². The van der Waals surface area contributed by atoms with Gasteiger partial charge in [-0.05, 0) is 48.7 Å². The van der Waals surface area contributed by atoms with Gasteiger partial charge in [0, 0.05) is 44.6 Å². The quantitative estimate of drug-likeness (QED) is 0.426. The molecule has 1 aliphatic rings. The van der Waals surface area contributed by atoms with Gasteiger partial charge >= 0.3 is 6.18 Å². The number of aromatic nitrogens is 2. The van der Waals surface area contributed by atoms with Crippen LogP contribution in [0.5, 0.6) is 0 Å². The number of hydrogen-bond donors (Lipinski definition) is 0. The molecule has 4 rings (SSSR count). The van der Waals surface area contributed by atoms with Crippen molar-refractivity contribution in [2.75, 3.05) is 26.8 Å². The smallest absolute Gasteiger partial charge is 0.384 e. The molecule has 1 amide bonds. The summed E-state index contributed by atoms with van der Waals surface area (Å²) >= 11 is 13.1. The molecule has 1 fully saturated rings. The maximum absolute atomic E-state index is 13.3. The summed E-state index contributed by atoms with van der Waals surface area (Å²) in [6.07, 6.45) is -3.43. The third-order valence-electron chi connectivity index (χ3n) is 6.32. The average Bonchev–Trinajstić information content (AvgIpc) is 3.36. The van der Waals surface area contributed by atoms with E-state index in [0.717, 1.165) is 18.6 Å². The van der Waals surface area contributed by atoms with Crippen LogP contribution in [0.25, 0.3) is 11.0 Å². The molecule has 34 heavy (non-hydrogen) atoms. The van der Waals surface area contributed by atoms with Crippen LogP contribution >= 0.6 is 23.2 Å². The summed E-state index contributed by atoms with van der Waals surface area (Å²) in [7, 11) is 3.29. The van der Waals surface area contributed by atoms with Gasteiger partial charge in [0.15, 0.2) is 0 Å². The number of alkyl halides is 3. The maximum atomic E-state index is 13.3. The van der Waals surface area contributed by atoms with Gasteiger partial charge in [0.25, 0.3) is 5.91 Å². The number of benzene rings is 2. The van der Waals surface area contributed by atoms with E-state index in [4.69, 9.17) is 27.9 Å². The molecule has 10 heteroatoms. The number of imidazole rings is 1. The van der Waals surface area contributed by atoms with Crippen molar-refractivity contribution in [2.45, 2.75) is 25.9 Å². The fourth-order valence-electron chi connectivity index (χ4n) is 4.47. The highest BCUT2D eigenvalue weighted by molar-refractivity contribution is 6.38. The summed E-state index contributed by atoms with van der Waals surface area (Å²) in [4.78, 5) is 19.5. The monoisotopic (exact) mass is 513 g/mol. The molecule has 1 atom stereocenters. The number of amides is 1. The highest BCUT2D eigenvalue weighted by atomic mass is 35.5. The lowest BCUT2D eigenvalue weighted by molar-refractivity contribution is -0.137. The van der Waals surface area contributed by atoms with Gasteiger partial charge in [0.05, 0.1) is 33.8 Å². The Balaban J connectivity index is 1.68. The highest BCUT2D eigenvalue weighted by Gasteiger charge is 2.32. The molecule has 2 aromatic carbocycles. The number of methoxy groups -OCH3 is 1. The lowest BCUT2D eigenvalue weighted by Gasteiger charge is -2.19. The molecule has 1 saturated heterocycles. The van der Waals surface area contributed by atoms with Gasteiger partial charge in [0.2, 0.25) is 0 Å². The third kappa shape index (κ3) is 4.63. The summed E-state index contributed by atoms with van der Waals surface area (Å²) in [6, 6.07) is 5.40. The number of nitrogens with zero attached hydrogens (tertiary/aromatic N) is 3. The molecule has 3 aromatic rings. The van der Waals surface area contributed by atoms with Crippen molar-refractivity contribution in [3.63, 3.8) is 0 Å². The van der Waals surface area contributed by atoms with Crippen molar-refractivity contribution in [1.82, 2.24) is 14.5 Å². The van der Waals surface area contributed by atoms with Crippen molar-refractivity contribution in [3.05, 3.63) is 62.4 Å². The molecule has 182 valence electrons. The van der Waals surface area contributed by atoms with E-state index >= 15 is 0 Å². The second kappa shape index (κ2) is 9.40. The van der Waals surface area contributed by atoms with Gasteiger partial charge in [0.1, 0.15) is 5.82 Å². The lowest BCUT2D eigenvalue weighted by Crippen LogP contribution is -2.29. The lowest BCUT2D eigenvalue weighted by atomic mass is 10.1. The predicted octanol–water partition coefficient (Wildman–Crippen LogP) is 5.91. The maximum Gasteiger partial charge on any atom is 0.416 e. The van der Waals surface area contributed by atoms with Crippen molar-refractivity contribution in [2.24, 2.45) is 13.0 Å². The zero-order valence-electron chi connectivity index (χ0n) is 19.0. The van der Waals surface area contributed by atoms with E-state index in [2.05, 4.69) is 4.98 Å². The molecular weight excluding hydrogens is 490 g/mol. The summed E-state index contributed by atoms with van der Waals surface area (Å²) in [5.41, 5.74) is 1.39. The van der Waals surface area contributed by atoms with Crippen molar-refractivity contribution < 1.29 is 22.7 Å². The highest BCUT2D eigenvalue weighted by Crippen LogP contribution is 2.35. The second-order valence-electron chi connectivity index (χ2n) is 8.67. The summed E-state index contributed by atoms with van der Waals surface area (Å²) in [5.74, 6) is 0.591. The molecule has 1 unspecified atom stereocenters. The van der Waals surface area contributed by atoms with Gasteiger partial charge in [-0.25, -0.2) is 4.98 Å². The Morgan fingerprint density at radius 2 is 2.00 bits per heavy atom. The first-order chi connectivity index (χ1) is 16.0. The molecule has 0 N–H and O–H groups in total. The number of likely N-dealkylation sites (tertiary alicyclic amines) is 1. The Kier molecular flexibility index (Phi) is 6.86. The van der Waals surface area contributed by atoms with Crippen molar-refractivity contribution >= 4 is 40.1 Å². The summed E-state index contributed by atoms with van der Waals surface area (Å²) < 4.78 is 46.7. The van der Waals surface area contributed by atoms with Crippen LogP contribution in [0.4, 0.5) is 13.2 Å². The number of ether oxygens (including phenoxy) is 1. The third-order valence-corrected chi connectivity index (χ3v) is 7.11. The molecular formula is C24H24Cl2F3N3O2. The number of hydrogen-bond acceptors (Lipinski definition) is 3. The summed E-state index contributed by atoms with van der Waals surface area (Å²) in [5, 5.41) is 0.590. The van der Waals surface area contributed by atoms with Crippen LogP contribution in [-0.2, 0) is 24.4 Å². The SMILES string of the molecule is COCC1CCN(C(=O)c2ccc(Cl)c(Cc3nc4c(C)cc(C(F)(F)F)cc4n3C)c2Cl)C1. The van der Waals surface area contributed by atoms with E-state index in [0.29, 0.717) is 58.3 Å². The second-order valence-corrected chi connectivity index (χ2v) is 9.46. The average molecular weight is 514 g/mol. The predicted molar refractivity (Wildman–Crippen MR) is 126 cm³/mol. The van der Waals surface area contributed by atoms with Gasteiger partial charge in [-0.2, -0.15) is 13.2 Å². The Morgan fingerprint density at radius 3 is 2.68 bits per heavy atom. The Hall–Kier alpha value is -2.29. The topological polar surface area (TPSA) is 47.4 Å². The number of halogens is 5. The van der Waals surface area contributed by atoms with Crippen molar-refractivity contribution in [3.8, 4) is 0 Å². The van der Waals surface area contributed by atoms with Crippen LogP contribution in [0.1, 0.15) is 39.3 Å². The van der Waals surface area contributed by atoms with Gasteiger partial charge < -0.3 is 14.2 Å². The molecule has 2 heterocycles. The van der Waals surface area contributed by atoms with Crippen LogP contribution in [0.3, 0.4) is 0 Å². The number of carbonyl (C=O) groups excluding carboxylic acids is 1. The largest absolute Gasteiger partial charge is 0.416 e. The zero-order chi connectivity index (χ0) is 24.8. The van der Waals surface area contributed by atoms with Gasteiger partial charge in [-0.15, -0.1) is 0 Å². The first-order valence-corrected chi connectivity index (χ1v) is 11.5. The zero-order valence-corrected chi connectivity index (χ0v) is 20.5. The molecule has 1 aromatic heterocycles. The number of carbonyl (C=O) groups is 1. The minimum absolute atomic E-state index is 0.164. The molecule has 1 aliphatic heterocycles. The molecule has 0 aliphatic carbocycles. The Labute approximate surface area is 205 Å². The van der Waals surface area contributed by atoms with Gasteiger partial charge in [-0.1, -0.05) is 23.2 Å². The molecule has 0 radical (unpaired) electrons. The van der Waals surface area contributed by atoms with Crippen LogP contribution in [-0.4, -0.2) is 47.2 Å². The normalized spacial score (nSPS) is 16.6. The number of aryl methyl sites for hydroxylation is 2. The standard InChI is InChI=1S/C24H24Cl2F3N3O2/c1-13-8-15(24(27,28)29)9-19-22(13)30-20(31(19)2)10-17-18(25)5-4-16(21(17)26)23(33)32-7-6-14(11-32)12-34-3/h4-5,8-9,14H,6-7,10-12H2,1-3H3. The molecule has 0 saturated carbocycles. The van der Waals surface area contributed by atoms with Crippen molar-refractivity contribution in [1.29, 1.82) is 0 Å². The fraction of sp³-hybridized carbons (Fsp3) is 0.417. The van der Waals surface area contributed by atoms with Crippen LogP contribution in [0, 0.1) is 12.8 Å². The van der Waals surface area contributed by atoms with E-state index in [-0.39, 0.29) is 23.3 Å². The van der Waals surface area contributed by atoms with Gasteiger partial charge in [-0.3, -0.25) is 4.79 Å². The number of fused-ring (bicyclic) bond motifs is 1. The Morgan fingerprint density at radius 1 is 1.26 bits per heavy atom. The van der Waals surface area contributed by atoms with E-state index in [9.17, 15) is 18.0 Å². The minimum Gasteiger partial charge on any atom is -0.384 e. The summed E-state index contributed by atoms with van der Waals surface area (Å²) in [6.45, 7) is 3.39. The fourth-order valence-corrected chi connectivity index (χ4v) is 5.05. The van der Waals surface area contributed by atoms with Crippen LogP contribution in [0.15, 0.2) is 24.3 Å². The number of rotatable bonds is 5. The first kappa shape index (κ1) is 24.8.